The lowest BCUT2D eigenvalue weighted by Gasteiger charge is -2.19. The zero-order valence-electron chi connectivity index (χ0n) is 16.9. The molecular weight excluding hydrogens is 400 g/mol. The van der Waals surface area contributed by atoms with E-state index in [4.69, 9.17) is 4.74 Å². The van der Waals surface area contributed by atoms with E-state index in [0.29, 0.717) is 24.4 Å². The lowest BCUT2D eigenvalue weighted by molar-refractivity contribution is 0.0951. The number of carbonyl (C=O) groups is 1. The van der Waals surface area contributed by atoms with Crippen molar-refractivity contribution in [3.63, 3.8) is 0 Å². The molecule has 0 aliphatic carbocycles. The van der Waals surface area contributed by atoms with E-state index in [9.17, 15) is 13.2 Å². The fourth-order valence-corrected chi connectivity index (χ4v) is 4.08. The van der Waals surface area contributed by atoms with Gasteiger partial charge in [-0.3, -0.25) is 9.10 Å². The molecule has 0 spiro atoms. The number of rotatable bonds is 8. The maximum atomic E-state index is 12.7. The van der Waals surface area contributed by atoms with Gasteiger partial charge in [-0.05, 0) is 61.0 Å². The highest BCUT2D eigenvalue weighted by atomic mass is 32.2. The first-order valence-corrected chi connectivity index (χ1v) is 11.0. The van der Waals surface area contributed by atoms with Gasteiger partial charge in [0.15, 0.2) is 0 Å². The van der Waals surface area contributed by atoms with Gasteiger partial charge in [0.25, 0.3) is 15.9 Å². The summed E-state index contributed by atoms with van der Waals surface area (Å²) in [6.07, 6.45) is 0. The molecule has 3 aromatic carbocycles. The van der Waals surface area contributed by atoms with Crippen molar-refractivity contribution >= 4 is 21.6 Å². The topological polar surface area (TPSA) is 75.7 Å². The van der Waals surface area contributed by atoms with Gasteiger partial charge >= 0.3 is 0 Å². The van der Waals surface area contributed by atoms with Gasteiger partial charge in [0.2, 0.25) is 0 Å². The molecular formula is C23H24N2O4S. The fourth-order valence-electron chi connectivity index (χ4n) is 2.87. The number of amides is 1. The van der Waals surface area contributed by atoms with Crippen molar-refractivity contribution < 1.29 is 17.9 Å². The summed E-state index contributed by atoms with van der Waals surface area (Å²) >= 11 is 0. The molecule has 3 aromatic rings. The average Bonchev–Trinajstić information content (AvgIpc) is 2.79. The summed E-state index contributed by atoms with van der Waals surface area (Å²) in [5, 5.41) is 2.86. The van der Waals surface area contributed by atoms with E-state index in [1.54, 1.807) is 54.6 Å². The Labute approximate surface area is 177 Å². The first kappa shape index (κ1) is 21.4. The molecule has 0 heterocycles. The van der Waals surface area contributed by atoms with Crippen molar-refractivity contribution in [1.82, 2.24) is 5.32 Å². The van der Waals surface area contributed by atoms with Crippen LogP contribution in [-0.4, -0.2) is 28.0 Å². The lowest BCUT2D eigenvalue weighted by atomic mass is 10.1. The Balaban J connectivity index is 1.64. The third kappa shape index (κ3) is 4.99. The lowest BCUT2D eigenvalue weighted by Crippen LogP contribution is -2.27. The number of carbonyl (C=O) groups excluding carboxylic acids is 1. The predicted octanol–water partition coefficient (Wildman–Crippen LogP) is 3.84. The van der Waals surface area contributed by atoms with Gasteiger partial charge in [0.05, 0.1) is 17.2 Å². The van der Waals surface area contributed by atoms with Gasteiger partial charge < -0.3 is 10.1 Å². The number of anilines is 1. The molecule has 1 amide bonds. The molecule has 0 saturated carbocycles. The van der Waals surface area contributed by atoms with E-state index < -0.39 is 10.0 Å². The highest BCUT2D eigenvalue weighted by Crippen LogP contribution is 2.22. The molecule has 156 valence electrons. The predicted molar refractivity (Wildman–Crippen MR) is 117 cm³/mol. The monoisotopic (exact) mass is 424 g/mol. The van der Waals surface area contributed by atoms with Crippen LogP contribution in [0.15, 0.2) is 83.8 Å². The highest BCUT2D eigenvalue weighted by molar-refractivity contribution is 7.92. The summed E-state index contributed by atoms with van der Waals surface area (Å²) in [4.78, 5) is 12.6. The number of benzene rings is 3. The summed E-state index contributed by atoms with van der Waals surface area (Å²) in [5.74, 6) is 0.557. The Morgan fingerprint density at radius 3 is 2.17 bits per heavy atom. The molecule has 7 heteroatoms. The quantitative estimate of drug-likeness (QED) is 0.596. The smallest absolute Gasteiger partial charge is 0.264 e. The van der Waals surface area contributed by atoms with Crippen molar-refractivity contribution in [2.45, 2.75) is 18.4 Å². The second kappa shape index (κ2) is 9.45. The summed E-state index contributed by atoms with van der Waals surface area (Å²) < 4.78 is 32.0. The van der Waals surface area contributed by atoms with Crippen molar-refractivity contribution in [2.75, 3.05) is 18.0 Å². The minimum Gasteiger partial charge on any atom is -0.494 e. The summed E-state index contributed by atoms with van der Waals surface area (Å²) in [6.45, 7) is 2.91. The van der Waals surface area contributed by atoms with Crippen LogP contribution in [0.3, 0.4) is 0 Å². The second-order valence-electron chi connectivity index (χ2n) is 6.59. The molecule has 0 aliphatic heterocycles. The summed E-state index contributed by atoms with van der Waals surface area (Å²) in [7, 11) is -2.17. The van der Waals surface area contributed by atoms with Crippen LogP contribution in [0.4, 0.5) is 5.69 Å². The SMILES string of the molecule is CCOc1ccc(CNC(=O)c2ccc(N(C)S(=O)(=O)c3ccccc3)cc2)cc1. The van der Waals surface area contributed by atoms with E-state index >= 15 is 0 Å². The molecule has 3 rings (SSSR count). The normalized spacial score (nSPS) is 11.0. The van der Waals surface area contributed by atoms with E-state index in [2.05, 4.69) is 5.32 Å². The molecule has 0 bridgehead atoms. The van der Waals surface area contributed by atoms with E-state index in [1.807, 2.05) is 31.2 Å². The van der Waals surface area contributed by atoms with Gasteiger partial charge in [-0.1, -0.05) is 30.3 Å². The van der Waals surface area contributed by atoms with E-state index in [1.165, 1.54) is 11.4 Å². The van der Waals surface area contributed by atoms with Crippen molar-refractivity contribution in [3.05, 3.63) is 90.0 Å². The standard InChI is InChI=1S/C23H24N2O4S/c1-3-29-21-15-9-18(10-16-21)17-24-23(26)19-11-13-20(14-12-19)25(2)30(27,28)22-7-5-4-6-8-22/h4-16H,3,17H2,1-2H3,(H,24,26). The van der Waals surface area contributed by atoms with Crippen LogP contribution in [0.2, 0.25) is 0 Å². The van der Waals surface area contributed by atoms with Crippen LogP contribution in [0, 0.1) is 0 Å². The molecule has 6 nitrogen and oxygen atoms in total. The van der Waals surface area contributed by atoms with Crippen molar-refractivity contribution in [3.8, 4) is 5.75 Å². The van der Waals surface area contributed by atoms with Crippen LogP contribution in [0.5, 0.6) is 5.75 Å². The largest absolute Gasteiger partial charge is 0.494 e. The molecule has 0 atom stereocenters. The fraction of sp³-hybridized carbons (Fsp3) is 0.174. The third-order valence-corrected chi connectivity index (χ3v) is 6.38. The Morgan fingerprint density at radius 1 is 0.933 bits per heavy atom. The minimum atomic E-state index is -3.66. The van der Waals surface area contributed by atoms with Crippen LogP contribution in [-0.2, 0) is 16.6 Å². The van der Waals surface area contributed by atoms with Gasteiger partial charge in [-0.15, -0.1) is 0 Å². The van der Waals surface area contributed by atoms with E-state index in [-0.39, 0.29) is 10.8 Å². The third-order valence-electron chi connectivity index (χ3n) is 4.58. The number of nitrogens with zero attached hydrogens (tertiary/aromatic N) is 1. The van der Waals surface area contributed by atoms with Gasteiger partial charge in [-0.2, -0.15) is 0 Å². The maximum Gasteiger partial charge on any atom is 0.264 e. The maximum absolute atomic E-state index is 12.7. The molecule has 30 heavy (non-hydrogen) atoms. The Kier molecular flexibility index (Phi) is 6.74. The molecule has 0 aliphatic rings. The number of sulfonamides is 1. The summed E-state index contributed by atoms with van der Waals surface area (Å²) in [5.41, 5.74) is 1.88. The number of hydrogen-bond acceptors (Lipinski definition) is 4. The highest BCUT2D eigenvalue weighted by Gasteiger charge is 2.21. The average molecular weight is 425 g/mol. The molecule has 0 radical (unpaired) electrons. The Bertz CT molecular complexity index is 1080. The minimum absolute atomic E-state index is 0.213. The number of hydrogen-bond donors (Lipinski definition) is 1. The Hall–Kier alpha value is -3.32. The zero-order valence-corrected chi connectivity index (χ0v) is 17.7. The molecule has 0 saturated heterocycles. The van der Waals surface area contributed by atoms with Crippen LogP contribution >= 0.6 is 0 Å². The molecule has 1 N–H and O–H groups in total. The molecule has 0 unspecified atom stereocenters. The first-order valence-electron chi connectivity index (χ1n) is 9.56. The first-order chi connectivity index (χ1) is 14.4. The van der Waals surface area contributed by atoms with Crippen LogP contribution < -0.4 is 14.4 Å². The summed E-state index contributed by atoms with van der Waals surface area (Å²) in [6, 6.07) is 22.2. The van der Waals surface area contributed by atoms with Crippen molar-refractivity contribution in [2.24, 2.45) is 0 Å². The zero-order chi connectivity index (χ0) is 21.6. The molecule has 0 aromatic heterocycles. The number of ether oxygens (including phenoxy) is 1. The van der Waals surface area contributed by atoms with Crippen LogP contribution in [0.25, 0.3) is 0 Å². The van der Waals surface area contributed by atoms with Gasteiger partial charge in [0.1, 0.15) is 5.75 Å². The second-order valence-corrected chi connectivity index (χ2v) is 8.56. The molecule has 0 fully saturated rings. The van der Waals surface area contributed by atoms with Crippen molar-refractivity contribution in [1.29, 1.82) is 0 Å². The van der Waals surface area contributed by atoms with Gasteiger partial charge in [-0.25, -0.2) is 8.42 Å². The van der Waals surface area contributed by atoms with E-state index in [0.717, 1.165) is 11.3 Å². The van der Waals surface area contributed by atoms with Gasteiger partial charge in [0, 0.05) is 19.2 Å². The number of nitrogens with one attached hydrogen (secondary N) is 1. The Morgan fingerprint density at radius 2 is 1.57 bits per heavy atom. The van der Waals surface area contributed by atoms with Crippen LogP contribution in [0.1, 0.15) is 22.8 Å².